The van der Waals surface area contributed by atoms with E-state index in [0.717, 1.165) is 6.07 Å². The summed E-state index contributed by atoms with van der Waals surface area (Å²) in [6.07, 6.45) is -0.405. The van der Waals surface area contributed by atoms with Crippen LogP contribution in [0, 0.1) is 11.6 Å². The number of rotatable bonds is 2. The van der Waals surface area contributed by atoms with E-state index in [9.17, 15) is 8.78 Å². The third-order valence-corrected chi connectivity index (χ3v) is 2.00. The van der Waals surface area contributed by atoms with Gasteiger partial charge in [0.15, 0.2) is 0 Å². The summed E-state index contributed by atoms with van der Waals surface area (Å²) in [4.78, 5) is 0. The number of aliphatic hydroxyl groups is 1. The quantitative estimate of drug-likeness (QED) is 0.752. The van der Waals surface area contributed by atoms with Crippen molar-refractivity contribution in [1.29, 1.82) is 0 Å². The summed E-state index contributed by atoms with van der Waals surface area (Å²) >= 11 is 0. The van der Waals surface area contributed by atoms with Gasteiger partial charge in [0, 0.05) is 11.6 Å². The molecule has 0 fully saturated rings. The summed E-state index contributed by atoms with van der Waals surface area (Å²) in [6, 6.07) is 2.19. The Morgan fingerprint density at radius 3 is 2.38 bits per heavy atom. The van der Waals surface area contributed by atoms with Gasteiger partial charge in [-0.2, -0.15) is 0 Å². The van der Waals surface area contributed by atoms with Crippen molar-refractivity contribution in [3.63, 3.8) is 0 Å². The Labute approximate surface area is 76.0 Å². The summed E-state index contributed by atoms with van der Waals surface area (Å²) in [6.45, 7) is 3.23. The third kappa shape index (κ3) is 2.04. The van der Waals surface area contributed by atoms with Crippen molar-refractivity contribution >= 4 is 0 Å². The minimum absolute atomic E-state index is 0.151. The number of hydrogen-bond donors (Lipinski definition) is 1. The standard InChI is InChI=1S/C10H12F2O/c1-3-7-4-8(6(2)13)10(12)5-9(7)11/h4-6,13H,3H2,1-2H3. The molecule has 1 N–H and O–H groups in total. The van der Waals surface area contributed by atoms with Crippen molar-refractivity contribution in [2.24, 2.45) is 0 Å². The zero-order valence-corrected chi connectivity index (χ0v) is 7.64. The average molecular weight is 186 g/mol. The van der Waals surface area contributed by atoms with E-state index in [2.05, 4.69) is 0 Å². The van der Waals surface area contributed by atoms with Gasteiger partial charge in [-0.1, -0.05) is 6.92 Å². The number of aliphatic hydroxyl groups excluding tert-OH is 1. The van der Waals surface area contributed by atoms with Crippen LogP contribution in [-0.2, 0) is 6.42 Å². The lowest BCUT2D eigenvalue weighted by atomic mass is 10.0. The van der Waals surface area contributed by atoms with Gasteiger partial charge >= 0.3 is 0 Å². The fourth-order valence-electron chi connectivity index (χ4n) is 1.20. The van der Waals surface area contributed by atoms with Gasteiger partial charge in [-0.3, -0.25) is 0 Å². The van der Waals surface area contributed by atoms with E-state index < -0.39 is 17.7 Å². The molecule has 0 aliphatic rings. The highest BCUT2D eigenvalue weighted by molar-refractivity contribution is 5.27. The molecule has 0 aliphatic carbocycles. The van der Waals surface area contributed by atoms with Crippen molar-refractivity contribution in [1.82, 2.24) is 0 Å². The summed E-state index contributed by atoms with van der Waals surface area (Å²) in [7, 11) is 0. The molecule has 0 spiro atoms. The molecule has 1 nitrogen and oxygen atoms in total. The summed E-state index contributed by atoms with van der Waals surface area (Å²) in [5.74, 6) is -1.24. The monoisotopic (exact) mass is 186 g/mol. The molecule has 0 radical (unpaired) electrons. The zero-order valence-electron chi connectivity index (χ0n) is 7.64. The van der Waals surface area contributed by atoms with Crippen LogP contribution in [0.2, 0.25) is 0 Å². The molecule has 0 aliphatic heterocycles. The molecular formula is C10H12F2O. The van der Waals surface area contributed by atoms with Gasteiger partial charge in [-0.15, -0.1) is 0 Å². The van der Waals surface area contributed by atoms with Gasteiger partial charge in [0.2, 0.25) is 0 Å². The van der Waals surface area contributed by atoms with Gasteiger partial charge in [0.05, 0.1) is 6.10 Å². The SMILES string of the molecule is CCc1cc(C(C)O)c(F)cc1F. The second-order valence-corrected chi connectivity index (χ2v) is 2.99. The third-order valence-electron chi connectivity index (χ3n) is 2.00. The van der Waals surface area contributed by atoms with Crippen LogP contribution < -0.4 is 0 Å². The van der Waals surface area contributed by atoms with Crippen molar-refractivity contribution < 1.29 is 13.9 Å². The van der Waals surface area contributed by atoms with Crippen LogP contribution in [0.25, 0.3) is 0 Å². The first-order chi connectivity index (χ1) is 6.06. The highest BCUT2D eigenvalue weighted by Gasteiger charge is 2.11. The van der Waals surface area contributed by atoms with Crippen LogP contribution in [0.1, 0.15) is 31.1 Å². The lowest BCUT2D eigenvalue weighted by Gasteiger charge is -2.08. The number of aryl methyl sites for hydroxylation is 1. The highest BCUT2D eigenvalue weighted by atomic mass is 19.1. The van der Waals surface area contributed by atoms with Gasteiger partial charge in [-0.05, 0) is 25.0 Å². The van der Waals surface area contributed by atoms with Crippen LogP contribution in [0.4, 0.5) is 8.78 Å². The van der Waals surface area contributed by atoms with Gasteiger partial charge < -0.3 is 5.11 Å². The minimum Gasteiger partial charge on any atom is -0.389 e. The molecule has 1 aromatic rings. The van der Waals surface area contributed by atoms with Gasteiger partial charge in [0.25, 0.3) is 0 Å². The van der Waals surface area contributed by atoms with E-state index in [1.807, 2.05) is 0 Å². The predicted molar refractivity (Wildman–Crippen MR) is 46.4 cm³/mol. The van der Waals surface area contributed by atoms with Crippen molar-refractivity contribution in [3.05, 3.63) is 34.9 Å². The van der Waals surface area contributed by atoms with Gasteiger partial charge in [0.1, 0.15) is 11.6 Å². The first-order valence-corrected chi connectivity index (χ1v) is 4.22. The number of hydrogen-bond acceptors (Lipinski definition) is 1. The first kappa shape index (κ1) is 10.1. The summed E-state index contributed by atoms with van der Waals surface area (Å²) < 4.78 is 26.0. The molecule has 0 bridgehead atoms. The van der Waals surface area contributed by atoms with Crippen molar-refractivity contribution in [2.45, 2.75) is 26.4 Å². The van der Waals surface area contributed by atoms with Crippen LogP contribution >= 0.6 is 0 Å². The maximum absolute atomic E-state index is 13.0. The second-order valence-electron chi connectivity index (χ2n) is 2.99. The largest absolute Gasteiger partial charge is 0.389 e. The minimum atomic E-state index is -0.897. The highest BCUT2D eigenvalue weighted by Crippen LogP contribution is 2.20. The maximum Gasteiger partial charge on any atom is 0.131 e. The molecule has 0 aromatic heterocycles. The Kier molecular flexibility index (Phi) is 2.98. The molecule has 1 rings (SSSR count). The van der Waals surface area contributed by atoms with E-state index in [1.165, 1.54) is 13.0 Å². The lowest BCUT2D eigenvalue weighted by Crippen LogP contribution is -2.00. The summed E-state index contributed by atoms with van der Waals surface area (Å²) in [5.41, 5.74) is 0.579. The Morgan fingerprint density at radius 2 is 1.92 bits per heavy atom. The second kappa shape index (κ2) is 3.83. The van der Waals surface area contributed by atoms with E-state index in [0.29, 0.717) is 12.0 Å². The normalized spacial score (nSPS) is 13.0. The zero-order chi connectivity index (χ0) is 10.0. The lowest BCUT2D eigenvalue weighted by molar-refractivity contribution is 0.194. The molecule has 0 saturated heterocycles. The van der Waals surface area contributed by atoms with Crippen molar-refractivity contribution in [2.75, 3.05) is 0 Å². The van der Waals surface area contributed by atoms with Crippen molar-refractivity contribution in [3.8, 4) is 0 Å². The average Bonchev–Trinajstić information content (AvgIpc) is 2.03. The van der Waals surface area contributed by atoms with Gasteiger partial charge in [-0.25, -0.2) is 8.78 Å². The Bertz CT molecular complexity index is 308. The number of halogens is 2. The fraction of sp³-hybridized carbons (Fsp3) is 0.400. The van der Waals surface area contributed by atoms with Crippen LogP contribution in [0.3, 0.4) is 0 Å². The molecule has 1 atom stereocenters. The maximum atomic E-state index is 13.0. The molecule has 1 unspecified atom stereocenters. The van der Waals surface area contributed by atoms with Crippen LogP contribution in [-0.4, -0.2) is 5.11 Å². The predicted octanol–water partition coefficient (Wildman–Crippen LogP) is 2.58. The van der Waals surface area contributed by atoms with E-state index in [-0.39, 0.29) is 5.56 Å². The molecule has 0 saturated carbocycles. The van der Waals surface area contributed by atoms with E-state index in [1.54, 1.807) is 6.92 Å². The van der Waals surface area contributed by atoms with E-state index >= 15 is 0 Å². The molecule has 72 valence electrons. The molecule has 1 aromatic carbocycles. The smallest absolute Gasteiger partial charge is 0.131 e. The van der Waals surface area contributed by atoms with Crippen LogP contribution in [0.5, 0.6) is 0 Å². The van der Waals surface area contributed by atoms with Crippen LogP contribution in [0.15, 0.2) is 12.1 Å². The molecule has 13 heavy (non-hydrogen) atoms. The molecular weight excluding hydrogens is 174 g/mol. The fourth-order valence-corrected chi connectivity index (χ4v) is 1.20. The topological polar surface area (TPSA) is 20.2 Å². The number of benzene rings is 1. The molecule has 0 amide bonds. The molecule has 3 heteroatoms. The van der Waals surface area contributed by atoms with E-state index in [4.69, 9.17) is 5.11 Å². The Hall–Kier alpha value is -0.960. The summed E-state index contributed by atoms with van der Waals surface area (Å²) in [5, 5.41) is 9.15. The molecule has 0 heterocycles. The Balaban J connectivity index is 3.22. The first-order valence-electron chi connectivity index (χ1n) is 4.22. The Morgan fingerprint density at radius 1 is 1.31 bits per heavy atom.